The van der Waals surface area contributed by atoms with Crippen molar-refractivity contribution in [2.75, 3.05) is 20.3 Å². The molecule has 0 aromatic carbocycles. The summed E-state index contributed by atoms with van der Waals surface area (Å²) < 4.78 is 5.53. The number of rotatable bonds is 2. The molecule has 11 heavy (non-hydrogen) atoms. The highest BCUT2D eigenvalue weighted by Crippen LogP contribution is 2.24. The van der Waals surface area contributed by atoms with Gasteiger partial charge in [-0.3, -0.25) is 4.90 Å². The highest BCUT2D eigenvalue weighted by atomic mass is 16.5. The molecule has 1 saturated heterocycles. The molecule has 0 aliphatic carbocycles. The fourth-order valence-electron chi connectivity index (χ4n) is 1.68. The zero-order chi connectivity index (χ0) is 8.48. The maximum absolute atomic E-state index is 9.17. The molecule has 3 heteroatoms. The van der Waals surface area contributed by atoms with E-state index in [9.17, 15) is 0 Å². The van der Waals surface area contributed by atoms with E-state index in [1.807, 2.05) is 14.0 Å². The number of aliphatic hydroxyl groups excluding tert-OH is 1. The standard InChI is InChI=1S/C8H17NO2/c1-7(10)4-8(2)5-9(3)6-11-8/h7,10H,4-6H2,1-3H3. The number of ether oxygens (including phenoxy) is 1. The van der Waals surface area contributed by atoms with Crippen LogP contribution in [0.5, 0.6) is 0 Å². The highest BCUT2D eigenvalue weighted by molar-refractivity contribution is 4.84. The quantitative estimate of drug-likeness (QED) is 0.634. The third-order valence-corrected chi connectivity index (χ3v) is 1.96. The molecule has 0 bridgehead atoms. The molecule has 1 fully saturated rings. The Labute approximate surface area is 68.0 Å². The molecule has 1 aliphatic rings. The van der Waals surface area contributed by atoms with Gasteiger partial charge in [-0.15, -0.1) is 0 Å². The molecule has 0 saturated carbocycles. The largest absolute Gasteiger partial charge is 0.393 e. The van der Waals surface area contributed by atoms with E-state index in [4.69, 9.17) is 9.84 Å². The Morgan fingerprint density at radius 3 is 2.73 bits per heavy atom. The van der Waals surface area contributed by atoms with Crippen LogP contribution in [-0.4, -0.2) is 42.0 Å². The fraction of sp³-hybridized carbons (Fsp3) is 1.00. The van der Waals surface area contributed by atoms with E-state index in [-0.39, 0.29) is 11.7 Å². The van der Waals surface area contributed by atoms with Gasteiger partial charge in [0.25, 0.3) is 0 Å². The minimum atomic E-state index is -0.272. The molecule has 1 heterocycles. The van der Waals surface area contributed by atoms with E-state index < -0.39 is 0 Å². The van der Waals surface area contributed by atoms with Crippen LogP contribution in [0, 0.1) is 0 Å². The summed E-state index contributed by atoms with van der Waals surface area (Å²) in [4.78, 5) is 2.11. The summed E-state index contributed by atoms with van der Waals surface area (Å²) in [6.45, 7) is 5.44. The summed E-state index contributed by atoms with van der Waals surface area (Å²) >= 11 is 0. The van der Waals surface area contributed by atoms with Gasteiger partial charge in [0.1, 0.15) is 0 Å². The van der Waals surface area contributed by atoms with Crippen molar-refractivity contribution in [1.29, 1.82) is 0 Å². The molecule has 0 spiro atoms. The van der Waals surface area contributed by atoms with Crippen molar-refractivity contribution >= 4 is 0 Å². The smallest absolute Gasteiger partial charge is 0.0996 e. The van der Waals surface area contributed by atoms with Crippen LogP contribution >= 0.6 is 0 Å². The van der Waals surface area contributed by atoms with Gasteiger partial charge < -0.3 is 9.84 Å². The van der Waals surface area contributed by atoms with Crippen LogP contribution < -0.4 is 0 Å². The normalized spacial score (nSPS) is 36.0. The summed E-state index contributed by atoms with van der Waals surface area (Å²) in [5.74, 6) is 0. The molecule has 0 aromatic rings. The van der Waals surface area contributed by atoms with Crippen LogP contribution in [0.2, 0.25) is 0 Å². The van der Waals surface area contributed by atoms with Gasteiger partial charge in [-0.25, -0.2) is 0 Å². The molecule has 2 atom stereocenters. The van der Waals surface area contributed by atoms with E-state index in [1.165, 1.54) is 0 Å². The average molecular weight is 159 g/mol. The maximum atomic E-state index is 9.17. The first-order chi connectivity index (χ1) is 5.02. The summed E-state index contributed by atoms with van der Waals surface area (Å²) in [5, 5.41) is 9.17. The van der Waals surface area contributed by atoms with Crippen molar-refractivity contribution in [2.45, 2.75) is 32.0 Å². The van der Waals surface area contributed by atoms with Gasteiger partial charge in [-0.05, 0) is 20.9 Å². The van der Waals surface area contributed by atoms with Crippen molar-refractivity contribution in [2.24, 2.45) is 0 Å². The number of hydrogen-bond acceptors (Lipinski definition) is 3. The minimum absolute atomic E-state index is 0.136. The lowest BCUT2D eigenvalue weighted by Crippen LogP contribution is -2.33. The van der Waals surface area contributed by atoms with Gasteiger partial charge in [0, 0.05) is 13.0 Å². The van der Waals surface area contributed by atoms with E-state index in [0.29, 0.717) is 6.73 Å². The van der Waals surface area contributed by atoms with E-state index >= 15 is 0 Å². The summed E-state index contributed by atoms with van der Waals surface area (Å²) in [5.41, 5.74) is -0.136. The third-order valence-electron chi connectivity index (χ3n) is 1.96. The SMILES string of the molecule is CC(O)CC1(C)CN(C)CO1. The van der Waals surface area contributed by atoms with Crippen LogP contribution in [0.25, 0.3) is 0 Å². The Balaban J connectivity index is 2.42. The van der Waals surface area contributed by atoms with Crippen LogP contribution in [-0.2, 0) is 4.74 Å². The molecule has 1 N–H and O–H groups in total. The Kier molecular flexibility index (Phi) is 2.52. The van der Waals surface area contributed by atoms with Crippen molar-refractivity contribution in [3.05, 3.63) is 0 Å². The van der Waals surface area contributed by atoms with E-state index in [2.05, 4.69) is 4.90 Å². The van der Waals surface area contributed by atoms with Crippen molar-refractivity contribution in [1.82, 2.24) is 4.90 Å². The minimum Gasteiger partial charge on any atom is -0.393 e. The molecular formula is C8H17NO2. The lowest BCUT2D eigenvalue weighted by atomic mass is 9.99. The van der Waals surface area contributed by atoms with E-state index in [0.717, 1.165) is 13.0 Å². The van der Waals surface area contributed by atoms with Gasteiger partial charge in [0.05, 0.1) is 18.4 Å². The van der Waals surface area contributed by atoms with E-state index in [1.54, 1.807) is 6.92 Å². The first kappa shape index (κ1) is 8.97. The van der Waals surface area contributed by atoms with Crippen molar-refractivity contribution < 1.29 is 9.84 Å². The summed E-state index contributed by atoms with van der Waals surface area (Å²) in [7, 11) is 2.02. The molecule has 1 aliphatic heterocycles. The average Bonchev–Trinajstić information content (AvgIpc) is 2.08. The summed E-state index contributed by atoms with van der Waals surface area (Å²) in [6, 6.07) is 0. The zero-order valence-electron chi connectivity index (χ0n) is 7.50. The summed E-state index contributed by atoms with van der Waals surface area (Å²) in [6.07, 6.45) is 0.448. The molecular weight excluding hydrogens is 142 g/mol. The second-order valence-electron chi connectivity index (χ2n) is 3.79. The van der Waals surface area contributed by atoms with Crippen LogP contribution in [0.4, 0.5) is 0 Å². The van der Waals surface area contributed by atoms with Crippen LogP contribution in [0.15, 0.2) is 0 Å². The second-order valence-corrected chi connectivity index (χ2v) is 3.79. The third kappa shape index (κ3) is 2.43. The molecule has 0 aromatic heterocycles. The Morgan fingerprint density at radius 1 is 1.73 bits per heavy atom. The Hall–Kier alpha value is -0.120. The monoisotopic (exact) mass is 159 g/mol. The van der Waals surface area contributed by atoms with Gasteiger partial charge in [0.2, 0.25) is 0 Å². The highest BCUT2D eigenvalue weighted by Gasteiger charge is 2.33. The zero-order valence-corrected chi connectivity index (χ0v) is 7.50. The molecule has 2 unspecified atom stereocenters. The van der Waals surface area contributed by atoms with Crippen molar-refractivity contribution in [3.63, 3.8) is 0 Å². The Morgan fingerprint density at radius 2 is 2.36 bits per heavy atom. The second kappa shape index (κ2) is 3.09. The first-order valence-corrected chi connectivity index (χ1v) is 4.02. The number of hydrogen-bond donors (Lipinski definition) is 1. The number of nitrogens with zero attached hydrogens (tertiary/aromatic N) is 1. The molecule has 66 valence electrons. The van der Waals surface area contributed by atoms with Crippen molar-refractivity contribution in [3.8, 4) is 0 Å². The lowest BCUT2D eigenvalue weighted by molar-refractivity contribution is -0.0133. The van der Waals surface area contributed by atoms with Gasteiger partial charge in [-0.2, -0.15) is 0 Å². The first-order valence-electron chi connectivity index (χ1n) is 4.02. The maximum Gasteiger partial charge on any atom is 0.0996 e. The predicted octanol–water partition coefficient (Wildman–Crippen LogP) is 0.435. The Bertz CT molecular complexity index is 138. The predicted molar refractivity (Wildman–Crippen MR) is 43.3 cm³/mol. The topological polar surface area (TPSA) is 32.7 Å². The van der Waals surface area contributed by atoms with Crippen LogP contribution in [0.3, 0.4) is 0 Å². The molecule has 1 rings (SSSR count). The number of aliphatic hydroxyl groups is 1. The van der Waals surface area contributed by atoms with Crippen LogP contribution in [0.1, 0.15) is 20.3 Å². The number of likely N-dealkylation sites (N-methyl/N-ethyl adjacent to an activating group) is 1. The van der Waals surface area contributed by atoms with Gasteiger partial charge in [-0.1, -0.05) is 0 Å². The molecule has 0 radical (unpaired) electrons. The van der Waals surface area contributed by atoms with Gasteiger partial charge in [0.15, 0.2) is 0 Å². The molecule has 0 amide bonds. The fourth-order valence-corrected chi connectivity index (χ4v) is 1.68. The van der Waals surface area contributed by atoms with Gasteiger partial charge >= 0.3 is 0 Å². The lowest BCUT2D eigenvalue weighted by Gasteiger charge is -2.23. The molecule has 3 nitrogen and oxygen atoms in total.